The van der Waals surface area contributed by atoms with Gasteiger partial charge in [0.05, 0.1) is 17.3 Å². The molecule has 3 rings (SSSR count). The van der Waals surface area contributed by atoms with Crippen molar-refractivity contribution < 1.29 is 18.0 Å². The lowest BCUT2D eigenvalue weighted by molar-refractivity contribution is -0.141. The fourth-order valence-electron chi connectivity index (χ4n) is 3.04. The number of carbonyl (C=O) groups excluding carboxylic acids is 1. The molecule has 1 aliphatic heterocycles. The summed E-state index contributed by atoms with van der Waals surface area (Å²) in [5.41, 5.74) is 0.302. The molecule has 0 saturated carbocycles. The third-order valence-corrected chi connectivity index (χ3v) is 4.21. The summed E-state index contributed by atoms with van der Waals surface area (Å²) >= 11 is 0. The van der Waals surface area contributed by atoms with Gasteiger partial charge in [-0.15, -0.1) is 0 Å². The van der Waals surface area contributed by atoms with Gasteiger partial charge in [-0.2, -0.15) is 13.2 Å². The predicted octanol–water partition coefficient (Wildman–Crippen LogP) is 3.78. The number of nitrogens with zero attached hydrogens (tertiary/aromatic N) is 3. The van der Waals surface area contributed by atoms with E-state index >= 15 is 0 Å². The first-order valence-corrected chi connectivity index (χ1v) is 7.63. The molecule has 126 valence electrons. The van der Waals surface area contributed by atoms with Crippen LogP contribution >= 0.6 is 0 Å². The van der Waals surface area contributed by atoms with E-state index < -0.39 is 11.9 Å². The molecule has 1 aliphatic rings. The molecule has 0 aromatic carbocycles. The molecule has 0 unspecified atom stereocenters. The molecule has 3 heterocycles. The molecule has 1 atom stereocenters. The van der Waals surface area contributed by atoms with Gasteiger partial charge in [0.2, 0.25) is 0 Å². The number of hydrogen-bond donors (Lipinski definition) is 0. The lowest BCUT2D eigenvalue weighted by atomic mass is 10.0. The normalized spacial score (nSPS) is 18.0. The summed E-state index contributed by atoms with van der Waals surface area (Å²) in [5.74, 6) is -0.284. The first-order valence-electron chi connectivity index (χ1n) is 7.63. The van der Waals surface area contributed by atoms with Crippen LogP contribution in [0.4, 0.5) is 13.2 Å². The van der Waals surface area contributed by atoms with Crippen LogP contribution in [-0.2, 0) is 6.18 Å². The molecule has 2 aromatic rings. The highest BCUT2D eigenvalue weighted by molar-refractivity contribution is 5.95. The molecule has 0 N–H and O–H groups in total. The first-order chi connectivity index (χ1) is 11.4. The maximum Gasteiger partial charge on any atom is 0.433 e. The fourth-order valence-corrected chi connectivity index (χ4v) is 3.04. The minimum absolute atomic E-state index is 0.0813. The van der Waals surface area contributed by atoms with Gasteiger partial charge in [-0.05, 0) is 49.6 Å². The monoisotopic (exact) mass is 335 g/mol. The highest BCUT2D eigenvalue weighted by atomic mass is 19.4. The van der Waals surface area contributed by atoms with Crippen molar-refractivity contribution in [1.29, 1.82) is 0 Å². The van der Waals surface area contributed by atoms with E-state index in [1.165, 1.54) is 13.0 Å². The van der Waals surface area contributed by atoms with E-state index in [9.17, 15) is 18.0 Å². The van der Waals surface area contributed by atoms with E-state index in [0.717, 1.165) is 24.5 Å². The van der Waals surface area contributed by atoms with E-state index in [-0.39, 0.29) is 23.2 Å². The topological polar surface area (TPSA) is 46.1 Å². The zero-order chi connectivity index (χ0) is 17.3. The molecule has 0 aliphatic carbocycles. The average molecular weight is 335 g/mol. The molecule has 1 fully saturated rings. The number of amides is 1. The third kappa shape index (κ3) is 3.11. The van der Waals surface area contributed by atoms with Gasteiger partial charge >= 0.3 is 6.18 Å². The van der Waals surface area contributed by atoms with Gasteiger partial charge in [0.15, 0.2) is 0 Å². The lowest BCUT2D eigenvalue weighted by Gasteiger charge is -2.25. The Bertz CT molecular complexity index is 746. The summed E-state index contributed by atoms with van der Waals surface area (Å²) in [6, 6.07) is 5.71. The number of likely N-dealkylation sites (tertiary alicyclic amines) is 1. The van der Waals surface area contributed by atoms with Crippen LogP contribution in [0.1, 0.15) is 46.2 Å². The van der Waals surface area contributed by atoms with Crippen molar-refractivity contribution in [2.75, 3.05) is 6.54 Å². The second kappa shape index (κ2) is 6.22. The number of carbonyl (C=O) groups is 1. The summed E-state index contributed by atoms with van der Waals surface area (Å²) in [6.45, 7) is 2.01. The van der Waals surface area contributed by atoms with Crippen molar-refractivity contribution in [1.82, 2.24) is 14.9 Å². The highest BCUT2D eigenvalue weighted by Crippen LogP contribution is 2.34. The molecule has 0 spiro atoms. The zero-order valence-electron chi connectivity index (χ0n) is 13.0. The highest BCUT2D eigenvalue weighted by Gasteiger charge is 2.35. The molecule has 4 nitrogen and oxygen atoms in total. The molecule has 0 radical (unpaired) electrons. The van der Waals surface area contributed by atoms with E-state index in [4.69, 9.17) is 0 Å². The van der Waals surface area contributed by atoms with Crippen LogP contribution in [0.15, 0.2) is 36.7 Å². The Kier molecular flexibility index (Phi) is 4.26. The molecule has 1 amide bonds. The third-order valence-electron chi connectivity index (χ3n) is 4.21. The van der Waals surface area contributed by atoms with E-state index in [1.54, 1.807) is 17.3 Å². The molecular formula is C17H16F3N3O. The Morgan fingerprint density at radius 3 is 2.54 bits per heavy atom. The van der Waals surface area contributed by atoms with Crippen LogP contribution in [0.3, 0.4) is 0 Å². The summed E-state index contributed by atoms with van der Waals surface area (Å²) in [5, 5.41) is 0. The van der Waals surface area contributed by atoms with Gasteiger partial charge < -0.3 is 4.90 Å². The summed E-state index contributed by atoms with van der Waals surface area (Å²) in [4.78, 5) is 22.0. The van der Waals surface area contributed by atoms with E-state index in [0.29, 0.717) is 6.54 Å². The molecule has 1 saturated heterocycles. The van der Waals surface area contributed by atoms with Crippen LogP contribution < -0.4 is 0 Å². The lowest BCUT2D eigenvalue weighted by Crippen LogP contribution is -2.31. The SMILES string of the molecule is Cc1nc(C(F)(F)F)ccc1C(=O)N1CCC[C@H]1c1ccncc1. The summed E-state index contributed by atoms with van der Waals surface area (Å²) in [6.07, 6.45) is 0.497. The largest absolute Gasteiger partial charge is 0.433 e. The van der Waals surface area contributed by atoms with Gasteiger partial charge in [-0.3, -0.25) is 9.78 Å². The van der Waals surface area contributed by atoms with Gasteiger partial charge in [0.25, 0.3) is 5.91 Å². The fraction of sp³-hybridized carbons (Fsp3) is 0.353. The van der Waals surface area contributed by atoms with Crippen LogP contribution in [-0.4, -0.2) is 27.3 Å². The van der Waals surface area contributed by atoms with Gasteiger partial charge in [0.1, 0.15) is 5.69 Å². The maximum absolute atomic E-state index is 12.8. The number of aromatic nitrogens is 2. The first kappa shape index (κ1) is 16.4. The van der Waals surface area contributed by atoms with Crippen molar-refractivity contribution in [2.45, 2.75) is 32.0 Å². The molecule has 2 aromatic heterocycles. The molecule has 7 heteroatoms. The van der Waals surface area contributed by atoms with Crippen molar-refractivity contribution in [3.63, 3.8) is 0 Å². The Balaban J connectivity index is 1.89. The Morgan fingerprint density at radius 1 is 1.21 bits per heavy atom. The Labute approximate surface area is 137 Å². The van der Waals surface area contributed by atoms with Gasteiger partial charge in [0, 0.05) is 18.9 Å². The molecular weight excluding hydrogens is 319 g/mol. The second-order valence-electron chi connectivity index (χ2n) is 5.76. The van der Waals surface area contributed by atoms with Crippen molar-refractivity contribution in [2.24, 2.45) is 0 Å². The van der Waals surface area contributed by atoms with E-state index in [2.05, 4.69) is 9.97 Å². The van der Waals surface area contributed by atoms with Crippen LogP contribution in [0, 0.1) is 6.92 Å². The van der Waals surface area contributed by atoms with Crippen LogP contribution in [0.2, 0.25) is 0 Å². The summed E-state index contributed by atoms with van der Waals surface area (Å²) < 4.78 is 38.2. The molecule has 0 bridgehead atoms. The second-order valence-corrected chi connectivity index (χ2v) is 5.76. The standard InChI is InChI=1S/C17H16F3N3O/c1-11-13(4-5-15(22-11)17(18,19)20)16(24)23-10-2-3-14(23)12-6-8-21-9-7-12/h4-9,14H,2-3,10H2,1H3/t14-/m0/s1. The summed E-state index contributed by atoms with van der Waals surface area (Å²) in [7, 11) is 0. The quantitative estimate of drug-likeness (QED) is 0.839. The Morgan fingerprint density at radius 2 is 1.92 bits per heavy atom. The number of rotatable bonds is 2. The number of halogens is 3. The van der Waals surface area contributed by atoms with E-state index in [1.807, 2.05) is 12.1 Å². The van der Waals surface area contributed by atoms with Gasteiger partial charge in [-0.25, -0.2) is 4.98 Å². The molecule has 24 heavy (non-hydrogen) atoms. The van der Waals surface area contributed by atoms with Crippen molar-refractivity contribution >= 4 is 5.91 Å². The van der Waals surface area contributed by atoms with Crippen LogP contribution in [0.5, 0.6) is 0 Å². The number of aryl methyl sites for hydroxylation is 1. The minimum atomic E-state index is -4.51. The van der Waals surface area contributed by atoms with Gasteiger partial charge in [-0.1, -0.05) is 0 Å². The van der Waals surface area contributed by atoms with Crippen LogP contribution in [0.25, 0.3) is 0 Å². The zero-order valence-corrected chi connectivity index (χ0v) is 13.0. The van der Waals surface area contributed by atoms with Crippen molar-refractivity contribution in [3.8, 4) is 0 Å². The number of alkyl halides is 3. The minimum Gasteiger partial charge on any atom is -0.332 e. The number of hydrogen-bond acceptors (Lipinski definition) is 3. The maximum atomic E-state index is 12.8. The predicted molar refractivity (Wildman–Crippen MR) is 81.2 cm³/mol. The van der Waals surface area contributed by atoms with Crippen molar-refractivity contribution in [3.05, 3.63) is 59.2 Å². The average Bonchev–Trinajstić information content (AvgIpc) is 3.03. The number of pyridine rings is 2. The Hall–Kier alpha value is -2.44. The smallest absolute Gasteiger partial charge is 0.332 e.